The lowest BCUT2D eigenvalue weighted by Gasteiger charge is -2.41. The molecule has 0 aromatic heterocycles. The molecule has 2 saturated carbocycles. The lowest BCUT2D eigenvalue weighted by Crippen LogP contribution is -2.60. The summed E-state index contributed by atoms with van der Waals surface area (Å²) < 4.78 is 28.7. The van der Waals surface area contributed by atoms with Crippen molar-refractivity contribution in [3.8, 4) is 0 Å². The molecule has 8 heteroatoms. The molecule has 2 aliphatic carbocycles. The van der Waals surface area contributed by atoms with E-state index < -0.39 is 13.0 Å². The number of fused-ring (bicyclic) bond motifs is 1. The van der Waals surface area contributed by atoms with E-state index in [1.807, 2.05) is 4.90 Å². The largest absolute Gasteiger partial charge is 0.342 e. The highest BCUT2D eigenvalue weighted by atomic mass is 31.2. The maximum absolute atomic E-state index is 14.9. The normalized spacial score (nSPS) is 30.0. The average molecular weight is 476 g/mol. The summed E-state index contributed by atoms with van der Waals surface area (Å²) in [6.45, 7) is 0.909. The van der Waals surface area contributed by atoms with Crippen LogP contribution in [-0.4, -0.2) is 48.2 Å². The molecule has 3 atom stereocenters. The summed E-state index contributed by atoms with van der Waals surface area (Å²) in [6.07, 6.45) is 9.69. The van der Waals surface area contributed by atoms with Gasteiger partial charge in [-0.05, 0) is 55.7 Å². The zero-order chi connectivity index (χ0) is 23.0. The average Bonchev–Trinajstić information content (AvgIpc) is 3.37. The third-order valence-corrected chi connectivity index (χ3v) is 11.5. The molecule has 2 amide bonds. The highest BCUT2D eigenvalue weighted by molar-refractivity contribution is 7.71. The van der Waals surface area contributed by atoms with E-state index in [9.17, 15) is 18.5 Å². The summed E-state index contributed by atoms with van der Waals surface area (Å²) in [5.41, 5.74) is 6.96. The fourth-order valence-corrected chi connectivity index (χ4v) is 9.16. The number of carbonyl (C=O) groups excluding carboxylic acids is 2. The van der Waals surface area contributed by atoms with E-state index >= 15 is 0 Å². The fraction of sp³-hybridized carbons (Fsp3) is 0.680. The van der Waals surface area contributed by atoms with Crippen LogP contribution in [0, 0.1) is 23.6 Å². The van der Waals surface area contributed by atoms with Crippen molar-refractivity contribution in [3.05, 3.63) is 29.6 Å². The van der Waals surface area contributed by atoms with Crippen molar-refractivity contribution >= 4 is 24.3 Å². The zero-order valence-corrected chi connectivity index (χ0v) is 20.1. The van der Waals surface area contributed by atoms with Crippen LogP contribution in [0.25, 0.3) is 0 Å². The minimum atomic E-state index is -2.89. The van der Waals surface area contributed by atoms with Gasteiger partial charge in [-0.1, -0.05) is 31.7 Å². The molecule has 1 aromatic rings. The van der Waals surface area contributed by atoms with Gasteiger partial charge in [0.05, 0.1) is 0 Å². The van der Waals surface area contributed by atoms with Crippen molar-refractivity contribution < 1.29 is 18.5 Å². The number of rotatable bonds is 4. The number of nitrogens with one attached hydrogen (secondary N) is 2. The van der Waals surface area contributed by atoms with Crippen molar-refractivity contribution in [2.45, 2.75) is 63.8 Å². The second-order valence-electron chi connectivity index (χ2n) is 10.4. The number of hydrogen-bond acceptors (Lipinski definition) is 4. The van der Waals surface area contributed by atoms with Crippen LogP contribution in [-0.2, 0) is 20.6 Å². The lowest BCUT2D eigenvalue weighted by molar-refractivity contribution is -0.135. The smallest absolute Gasteiger partial charge is 0.237 e. The molecule has 0 bridgehead atoms. The van der Waals surface area contributed by atoms with Gasteiger partial charge in [-0.3, -0.25) is 15.0 Å². The molecule has 2 heterocycles. The first-order valence-electron chi connectivity index (χ1n) is 12.7. The molecule has 4 aliphatic rings. The quantitative estimate of drug-likeness (QED) is 0.656. The molecule has 6 nitrogen and oxygen atoms in total. The number of benzene rings is 1. The molecule has 1 aromatic carbocycles. The van der Waals surface area contributed by atoms with Gasteiger partial charge in [-0.25, -0.2) is 9.82 Å². The predicted molar refractivity (Wildman–Crippen MR) is 126 cm³/mol. The molecule has 0 spiro atoms. The van der Waals surface area contributed by atoms with Crippen LogP contribution >= 0.6 is 7.14 Å². The Labute approximate surface area is 195 Å². The summed E-state index contributed by atoms with van der Waals surface area (Å²) in [4.78, 5) is 26.9. The lowest BCUT2D eigenvalue weighted by atomic mass is 9.72. The molecule has 2 N–H and O–H groups in total. The first-order valence-corrected chi connectivity index (χ1v) is 14.7. The molecular weight excluding hydrogens is 440 g/mol. The Hall–Kier alpha value is -1.72. The van der Waals surface area contributed by atoms with Crippen LogP contribution in [0.1, 0.15) is 56.9 Å². The second-order valence-corrected chi connectivity index (χ2v) is 13.6. The van der Waals surface area contributed by atoms with Crippen molar-refractivity contribution in [2.24, 2.45) is 17.8 Å². The minimum absolute atomic E-state index is 0.0463. The van der Waals surface area contributed by atoms with E-state index in [1.165, 1.54) is 6.07 Å². The van der Waals surface area contributed by atoms with Crippen LogP contribution in [0.4, 0.5) is 4.39 Å². The second kappa shape index (κ2) is 9.50. The number of nitrogens with zero attached hydrogens (tertiary/aromatic N) is 1. The van der Waals surface area contributed by atoms with Gasteiger partial charge in [0.2, 0.25) is 11.8 Å². The predicted octanol–water partition coefficient (Wildman–Crippen LogP) is 3.20. The van der Waals surface area contributed by atoms with E-state index in [-0.39, 0.29) is 35.6 Å². The first kappa shape index (κ1) is 23.0. The van der Waals surface area contributed by atoms with E-state index in [4.69, 9.17) is 0 Å². The van der Waals surface area contributed by atoms with E-state index in [0.717, 1.165) is 56.9 Å². The Morgan fingerprint density at radius 2 is 1.76 bits per heavy atom. The summed E-state index contributed by atoms with van der Waals surface area (Å²) in [5, 5.41) is 0.341. The number of halogens is 1. The maximum Gasteiger partial charge on any atom is 0.237 e. The molecular formula is C25H35FN3O3P. The Balaban J connectivity index is 1.28. The van der Waals surface area contributed by atoms with Gasteiger partial charge in [-0.15, -0.1) is 0 Å². The number of carbonyl (C=O) groups is 2. The summed E-state index contributed by atoms with van der Waals surface area (Å²) >= 11 is 0. The maximum atomic E-state index is 14.9. The Kier molecular flexibility index (Phi) is 6.63. The van der Waals surface area contributed by atoms with E-state index in [2.05, 4.69) is 10.9 Å². The zero-order valence-electron chi connectivity index (χ0n) is 19.2. The van der Waals surface area contributed by atoms with Crippen molar-refractivity contribution in [3.63, 3.8) is 0 Å². The van der Waals surface area contributed by atoms with Crippen LogP contribution < -0.4 is 16.2 Å². The van der Waals surface area contributed by atoms with Crippen molar-refractivity contribution in [2.75, 3.05) is 25.4 Å². The number of hydrogen-bond donors (Lipinski definition) is 2. The standard InChI is InChI=1S/C25H35FN3O3P/c26-21-10-9-17(15-22-19-7-3-4-8-20(19)24(30)28-27-22)16-23(21)33(32)13-11-29(12-14-33)25(31)18-5-1-2-6-18/h9-10,16,18-20,22,27H,1-8,11-15H2,(H,28,30). The topological polar surface area (TPSA) is 78.5 Å². The molecule has 180 valence electrons. The van der Waals surface area contributed by atoms with Crippen LogP contribution in [0.3, 0.4) is 0 Å². The third-order valence-electron chi connectivity index (χ3n) is 8.44. The first-order chi connectivity index (χ1) is 15.9. The van der Waals surface area contributed by atoms with E-state index in [1.54, 1.807) is 12.1 Å². The van der Waals surface area contributed by atoms with Gasteiger partial charge < -0.3 is 9.46 Å². The third kappa shape index (κ3) is 4.64. The molecule has 3 unspecified atom stereocenters. The van der Waals surface area contributed by atoms with Crippen LogP contribution in [0.15, 0.2) is 18.2 Å². The monoisotopic (exact) mass is 475 g/mol. The Morgan fingerprint density at radius 3 is 2.52 bits per heavy atom. The summed E-state index contributed by atoms with van der Waals surface area (Å²) in [7, 11) is -2.89. The van der Waals surface area contributed by atoms with Crippen molar-refractivity contribution in [1.29, 1.82) is 0 Å². The van der Waals surface area contributed by atoms with Gasteiger partial charge in [-0.2, -0.15) is 0 Å². The molecule has 0 radical (unpaired) electrons. The molecule has 2 aliphatic heterocycles. The fourth-order valence-electron chi connectivity index (χ4n) is 6.46. The van der Waals surface area contributed by atoms with Crippen LogP contribution in [0.2, 0.25) is 0 Å². The number of hydrazine groups is 1. The highest BCUT2D eigenvalue weighted by Gasteiger charge is 2.40. The van der Waals surface area contributed by atoms with Gasteiger partial charge >= 0.3 is 0 Å². The Bertz CT molecular complexity index is 952. The molecule has 33 heavy (non-hydrogen) atoms. The van der Waals surface area contributed by atoms with Crippen LogP contribution in [0.5, 0.6) is 0 Å². The number of amides is 2. The summed E-state index contributed by atoms with van der Waals surface area (Å²) in [5.74, 6) is 0.319. The Morgan fingerprint density at radius 1 is 1.06 bits per heavy atom. The van der Waals surface area contributed by atoms with E-state index in [0.29, 0.717) is 37.1 Å². The molecule has 5 rings (SSSR count). The summed E-state index contributed by atoms with van der Waals surface area (Å²) in [6, 6.07) is 5.11. The molecule has 2 saturated heterocycles. The highest BCUT2D eigenvalue weighted by Crippen LogP contribution is 2.47. The van der Waals surface area contributed by atoms with Gasteiger partial charge in [0.1, 0.15) is 13.0 Å². The van der Waals surface area contributed by atoms with Gasteiger partial charge in [0, 0.05) is 48.6 Å². The molecule has 4 fully saturated rings. The van der Waals surface area contributed by atoms with Gasteiger partial charge in [0.25, 0.3) is 0 Å². The minimum Gasteiger partial charge on any atom is -0.342 e. The van der Waals surface area contributed by atoms with Crippen molar-refractivity contribution in [1.82, 2.24) is 15.8 Å². The SMILES string of the molecule is O=C1NNC(Cc2ccc(F)c(P3(=O)CCN(C(=O)C4CCCC4)CC3)c2)C2CCCCC12. The van der Waals surface area contributed by atoms with Gasteiger partial charge in [0.15, 0.2) is 0 Å².